The van der Waals surface area contributed by atoms with Crippen molar-refractivity contribution in [2.45, 2.75) is 43.5 Å². The molecule has 2 aromatic heterocycles. The second kappa shape index (κ2) is 10.2. The molecule has 0 atom stereocenters. The first-order valence-electron chi connectivity index (χ1n) is 10.7. The Morgan fingerprint density at radius 3 is 2.26 bits per heavy atom. The lowest BCUT2D eigenvalue weighted by atomic mass is 9.93. The van der Waals surface area contributed by atoms with Gasteiger partial charge in [0, 0.05) is 39.6 Å². The predicted octanol–water partition coefficient (Wildman–Crippen LogP) is 7.13. The predicted molar refractivity (Wildman–Crippen MR) is 122 cm³/mol. The first kappa shape index (κ1) is 29.0. The highest BCUT2D eigenvalue weighted by Crippen LogP contribution is 2.54. The van der Waals surface area contributed by atoms with Crippen LogP contribution in [0.1, 0.15) is 28.8 Å². The average Bonchev–Trinajstić information content (AvgIpc) is 3.49. The van der Waals surface area contributed by atoms with Crippen molar-refractivity contribution in [3.8, 4) is 22.6 Å². The first-order chi connectivity index (χ1) is 18.0. The van der Waals surface area contributed by atoms with Gasteiger partial charge >= 0.3 is 24.6 Å². The fourth-order valence-electron chi connectivity index (χ4n) is 3.52. The lowest BCUT2D eigenvalue weighted by molar-refractivity contribution is -0.348. The summed E-state index contributed by atoms with van der Waals surface area (Å²) < 4.78 is 125. The largest absolute Gasteiger partial charge is 0.435 e. The topological polar surface area (TPSA) is 69.0 Å². The molecule has 1 aliphatic carbocycles. The minimum atomic E-state index is -6.49. The van der Waals surface area contributed by atoms with E-state index in [1.165, 1.54) is 12.3 Å². The summed E-state index contributed by atoms with van der Waals surface area (Å²) in [4.78, 5) is 16.4. The molecule has 1 saturated carbocycles. The van der Waals surface area contributed by atoms with Crippen molar-refractivity contribution in [1.29, 1.82) is 0 Å². The van der Waals surface area contributed by atoms with Crippen LogP contribution in [0.2, 0.25) is 5.15 Å². The number of carbonyl (C=O) groups excluding carboxylic acids is 1. The van der Waals surface area contributed by atoms with E-state index in [9.17, 15) is 44.3 Å². The number of amides is 1. The number of pyridine rings is 1. The summed E-state index contributed by atoms with van der Waals surface area (Å²) in [5, 5.41) is 6.51. The second-order valence-electron chi connectivity index (χ2n) is 8.32. The standard InChI is InChI=1S/C22H13BrClF9N4O2/c23-14-4-11(20(27,21(28,29)30)22(31,32)33)5-15(39-19(25)26)16(14)37-8-10(7-35-37)9-3-13(17(24)34-6-9)18(38)36-12-1-2-12/h3-8,12,19H,1-2H2,(H,36,38). The minimum Gasteiger partial charge on any atom is -0.432 e. The van der Waals surface area contributed by atoms with E-state index in [0.717, 1.165) is 29.9 Å². The monoisotopic (exact) mass is 650 g/mol. The van der Waals surface area contributed by atoms with E-state index >= 15 is 0 Å². The summed E-state index contributed by atoms with van der Waals surface area (Å²) in [6, 6.07) is 1.37. The van der Waals surface area contributed by atoms with Crippen LogP contribution in [0.4, 0.5) is 39.5 Å². The number of rotatable bonds is 7. The number of carbonyl (C=O) groups is 1. The van der Waals surface area contributed by atoms with Crippen LogP contribution in [0.5, 0.6) is 5.75 Å². The Morgan fingerprint density at radius 2 is 1.69 bits per heavy atom. The van der Waals surface area contributed by atoms with Gasteiger partial charge in [-0.1, -0.05) is 11.6 Å². The van der Waals surface area contributed by atoms with Crippen LogP contribution in [0, 0.1) is 0 Å². The number of hydrogen-bond donors (Lipinski definition) is 1. The molecule has 39 heavy (non-hydrogen) atoms. The molecule has 6 nitrogen and oxygen atoms in total. The highest BCUT2D eigenvalue weighted by molar-refractivity contribution is 9.10. The summed E-state index contributed by atoms with van der Waals surface area (Å²) in [6.07, 6.45) is -7.84. The molecule has 0 bridgehead atoms. The second-order valence-corrected chi connectivity index (χ2v) is 9.53. The summed E-state index contributed by atoms with van der Waals surface area (Å²) in [5.41, 5.74) is -8.04. The van der Waals surface area contributed by atoms with Crippen LogP contribution < -0.4 is 10.1 Å². The van der Waals surface area contributed by atoms with Gasteiger partial charge in [-0.3, -0.25) is 4.79 Å². The maximum Gasteiger partial charge on any atom is 0.435 e. The van der Waals surface area contributed by atoms with Crippen molar-refractivity contribution in [3.63, 3.8) is 0 Å². The Hall–Kier alpha value is -3.01. The fourth-order valence-corrected chi connectivity index (χ4v) is 4.33. The van der Waals surface area contributed by atoms with Gasteiger partial charge in [-0.05, 0) is 47.0 Å². The van der Waals surface area contributed by atoms with Crippen LogP contribution in [-0.2, 0) is 5.67 Å². The Morgan fingerprint density at radius 1 is 1.05 bits per heavy atom. The highest BCUT2D eigenvalue weighted by atomic mass is 79.9. The molecule has 3 aromatic rings. The molecule has 1 amide bonds. The number of halogens is 11. The third kappa shape index (κ3) is 5.66. The molecule has 2 heterocycles. The third-order valence-electron chi connectivity index (χ3n) is 5.56. The molecule has 17 heteroatoms. The number of benzene rings is 1. The summed E-state index contributed by atoms with van der Waals surface area (Å²) in [7, 11) is 0. The zero-order valence-electron chi connectivity index (χ0n) is 18.8. The van der Waals surface area contributed by atoms with Gasteiger partial charge in [0.2, 0.25) is 0 Å². The van der Waals surface area contributed by atoms with Gasteiger partial charge < -0.3 is 10.1 Å². The molecule has 4 rings (SSSR count). The van der Waals surface area contributed by atoms with Crippen LogP contribution in [0.3, 0.4) is 0 Å². The Bertz CT molecular complexity index is 1390. The number of alkyl halides is 9. The van der Waals surface area contributed by atoms with Crippen molar-refractivity contribution in [3.05, 3.63) is 57.5 Å². The zero-order valence-corrected chi connectivity index (χ0v) is 21.2. The SMILES string of the molecule is O=C(NC1CC1)c1cc(-c2cnn(-c3c(Br)cc(C(F)(C(F)(F)F)C(F)(F)F)cc3OC(F)F)c2)cnc1Cl. The van der Waals surface area contributed by atoms with Crippen molar-refractivity contribution in [1.82, 2.24) is 20.1 Å². The van der Waals surface area contributed by atoms with Crippen molar-refractivity contribution >= 4 is 33.4 Å². The van der Waals surface area contributed by atoms with E-state index in [0.29, 0.717) is 0 Å². The van der Waals surface area contributed by atoms with E-state index in [-0.39, 0.29) is 40.0 Å². The van der Waals surface area contributed by atoms with E-state index in [4.69, 9.17) is 11.6 Å². The number of aromatic nitrogens is 3. The van der Waals surface area contributed by atoms with E-state index in [1.807, 2.05) is 0 Å². The molecule has 1 N–H and O–H groups in total. The van der Waals surface area contributed by atoms with Crippen molar-refractivity contribution < 1.29 is 49.0 Å². The van der Waals surface area contributed by atoms with Gasteiger partial charge in [0.15, 0.2) is 5.75 Å². The van der Waals surface area contributed by atoms with Gasteiger partial charge in [-0.2, -0.15) is 40.2 Å². The van der Waals surface area contributed by atoms with Crippen LogP contribution in [0.15, 0.2) is 41.3 Å². The summed E-state index contributed by atoms with van der Waals surface area (Å²) >= 11 is 8.73. The lowest BCUT2D eigenvalue weighted by Gasteiger charge is -2.31. The van der Waals surface area contributed by atoms with Gasteiger partial charge in [0.05, 0.1) is 11.8 Å². The molecule has 1 aliphatic rings. The first-order valence-corrected chi connectivity index (χ1v) is 11.8. The van der Waals surface area contributed by atoms with Crippen LogP contribution in [-0.4, -0.2) is 45.7 Å². The summed E-state index contributed by atoms with van der Waals surface area (Å²) in [6.45, 7) is -3.71. The van der Waals surface area contributed by atoms with Gasteiger partial charge in [0.1, 0.15) is 10.8 Å². The number of nitrogens with zero attached hydrogens (tertiary/aromatic N) is 3. The Balaban J connectivity index is 1.79. The average molecular weight is 652 g/mol. The maximum atomic E-state index is 14.6. The fraction of sp³-hybridized carbons (Fsp3) is 0.318. The molecule has 1 aromatic carbocycles. The molecule has 0 unspecified atom stereocenters. The van der Waals surface area contributed by atoms with Gasteiger partial charge in [0.25, 0.3) is 5.91 Å². The van der Waals surface area contributed by atoms with Gasteiger partial charge in [-0.25, -0.2) is 14.1 Å². The van der Waals surface area contributed by atoms with E-state index < -0.39 is 52.0 Å². The Kier molecular flexibility index (Phi) is 7.57. The quantitative estimate of drug-likeness (QED) is 0.218. The highest BCUT2D eigenvalue weighted by Gasteiger charge is 2.73. The normalized spacial score (nSPS) is 14.6. The van der Waals surface area contributed by atoms with Crippen molar-refractivity contribution in [2.75, 3.05) is 0 Å². The molecule has 0 radical (unpaired) electrons. The molecular formula is C22H13BrClF9N4O2. The molecular weight excluding hydrogens is 639 g/mol. The Labute approximate surface area is 226 Å². The molecule has 0 saturated heterocycles. The van der Waals surface area contributed by atoms with Crippen LogP contribution in [0.25, 0.3) is 16.8 Å². The molecule has 0 spiro atoms. The third-order valence-corrected chi connectivity index (χ3v) is 6.47. The van der Waals surface area contributed by atoms with E-state index in [1.54, 1.807) is 0 Å². The molecule has 210 valence electrons. The number of hydrogen-bond acceptors (Lipinski definition) is 4. The number of nitrogens with one attached hydrogen (secondary N) is 1. The lowest BCUT2D eigenvalue weighted by Crippen LogP contribution is -2.50. The summed E-state index contributed by atoms with van der Waals surface area (Å²) in [5.74, 6) is -1.74. The number of ether oxygens (including phenoxy) is 1. The van der Waals surface area contributed by atoms with E-state index in [2.05, 4.69) is 36.1 Å². The van der Waals surface area contributed by atoms with Crippen molar-refractivity contribution in [2.24, 2.45) is 0 Å². The van der Waals surface area contributed by atoms with Gasteiger partial charge in [-0.15, -0.1) is 0 Å². The molecule has 1 fully saturated rings. The maximum absolute atomic E-state index is 14.6. The van der Waals surface area contributed by atoms with Crippen LogP contribution >= 0.6 is 27.5 Å². The molecule has 0 aliphatic heterocycles. The minimum absolute atomic E-state index is 0.00583. The smallest absolute Gasteiger partial charge is 0.432 e. The zero-order chi connectivity index (χ0) is 28.9.